The van der Waals surface area contributed by atoms with Gasteiger partial charge in [0.15, 0.2) is 5.16 Å². The van der Waals surface area contributed by atoms with E-state index in [9.17, 15) is 0 Å². The minimum atomic E-state index is 0.531. The highest BCUT2D eigenvalue weighted by molar-refractivity contribution is 7.99. The Labute approximate surface area is 126 Å². The SMILES string of the molecule is CNc1nc(Sc2cccc(C)c2)nc(-n2ccnc2)n1. The van der Waals surface area contributed by atoms with Crippen LogP contribution in [0.15, 0.2) is 53.0 Å². The molecule has 3 aromatic rings. The summed E-state index contributed by atoms with van der Waals surface area (Å²) in [5.74, 6) is 1.07. The zero-order valence-electron chi connectivity index (χ0n) is 11.7. The number of hydrogen-bond donors (Lipinski definition) is 1. The van der Waals surface area contributed by atoms with Gasteiger partial charge in [0, 0.05) is 24.3 Å². The van der Waals surface area contributed by atoms with E-state index in [-0.39, 0.29) is 0 Å². The summed E-state index contributed by atoms with van der Waals surface area (Å²) in [6.45, 7) is 2.06. The van der Waals surface area contributed by atoms with E-state index in [0.29, 0.717) is 17.1 Å². The molecule has 0 bridgehead atoms. The van der Waals surface area contributed by atoms with E-state index in [1.165, 1.54) is 17.3 Å². The highest BCUT2D eigenvalue weighted by Crippen LogP contribution is 2.26. The third kappa shape index (κ3) is 3.19. The van der Waals surface area contributed by atoms with Gasteiger partial charge in [-0.25, -0.2) is 4.98 Å². The minimum absolute atomic E-state index is 0.531. The minimum Gasteiger partial charge on any atom is -0.357 e. The Balaban J connectivity index is 1.96. The van der Waals surface area contributed by atoms with Crippen molar-refractivity contribution in [2.75, 3.05) is 12.4 Å². The molecule has 0 aliphatic carbocycles. The molecule has 1 aromatic carbocycles. The lowest BCUT2D eigenvalue weighted by molar-refractivity contribution is 0.828. The van der Waals surface area contributed by atoms with Gasteiger partial charge in [-0.2, -0.15) is 15.0 Å². The van der Waals surface area contributed by atoms with Crippen LogP contribution in [0.1, 0.15) is 5.56 Å². The Hall–Kier alpha value is -2.41. The van der Waals surface area contributed by atoms with Crippen LogP contribution in [0, 0.1) is 6.92 Å². The Morgan fingerprint density at radius 2 is 2.10 bits per heavy atom. The first-order valence-corrected chi connectivity index (χ1v) is 7.23. The molecule has 0 saturated heterocycles. The number of benzene rings is 1. The maximum atomic E-state index is 4.47. The van der Waals surface area contributed by atoms with Crippen LogP contribution in [0.4, 0.5) is 5.95 Å². The summed E-state index contributed by atoms with van der Waals surface area (Å²) in [6, 6.07) is 8.23. The topological polar surface area (TPSA) is 68.5 Å². The lowest BCUT2D eigenvalue weighted by Gasteiger charge is -2.07. The second-order valence-corrected chi connectivity index (χ2v) is 5.42. The smallest absolute Gasteiger partial charge is 0.240 e. The van der Waals surface area contributed by atoms with Gasteiger partial charge in [0.25, 0.3) is 0 Å². The first-order valence-electron chi connectivity index (χ1n) is 6.41. The molecule has 2 heterocycles. The van der Waals surface area contributed by atoms with Gasteiger partial charge in [-0.05, 0) is 30.8 Å². The number of nitrogens with zero attached hydrogens (tertiary/aromatic N) is 5. The lowest BCUT2D eigenvalue weighted by atomic mass is 10.2. The molecule has 21 heavy (non-hydrogen) atoms. The van der Waals surface area contributed by atoms with Gasteiger partial charge < -0.3 is 5.32 Å². The van der Waals surface area contributed by atoms with Gasteiger partial charge in [-0.15, -0.1) is 0 Å². The van der Waals surface area contributed by atoms with Crippen molar-refractivity contribution in [2.45, 2.75) is 17.0 Å². The largest absolute Gasteiger partial charge is 0.357 e. The molecule has 106 valence electrons. The summed E-state index contributed by atoms with van der Waals surface area (Å²) in [5.41, 5.74) is 1.21. The molecule has 0 amide bonds. The van der Waals surface area contributed by atoms with Crippen molar-refractivity contribution in [3.63, 3.8) is 0 Å². The van der Waals surface area contributed by atoms with Crippen LogP contribution in [0.25, 0.3) is 5.95 Å². The van der Waals surface area contributed by atoms with Crippen LogP contribution in [0.5, 0.6) is 0 Å². The number of rotatable bonds is 4. The van der Waals surface area contributed by atoms with Gasteiger partial charge >= 0.3 is 0 Å². The molecule has 7 heteroatoms. The molecule has 0 saturated carbocycles. The van der Waals surface area contributed by atoms with Crippen LogP contribution < -0.4 is 5.32 Å². The van der Waals surface area contributed by atoms with Crippen molar-refractivity contribution in [3.8, 4) is 5.95 Å². The molecule has 0 aliphatic heterocycles. The van der Waals surface area contributed by atoms with Crippen molar-refractivity contribution in [1.82, 2.24) is 24.5 Å². The number of nitrogens with one attached hydrogen (secondary N) is 1. The Morgan fingerprint density at radius 3 is 2.81 bits per heavy atom. The van der Waals surface area contributed by atoms with Crippen molar-refractivity contribution in [1.29, 1.82) is 0 Å². The number of hydrogen-bond acceptors (Lipinski definition) is 6. The van der Waals surface area contributed by atoms with Crippen LogP contribution in [0.2, 0.25) is 0 Å². The zero-order valence-corrected chi connectivity index (χ0v) is 12.5. The van der Waals surface area contributed by atoms with E-state index in [1.54, 1.807) is 30.3 Å². The highest BCUT2D eigenvalue weighted by Gasteiger charge is 2.08. The maximum Gasteiger partial charge on any atom is 0.240 e. The molecule has 0 aliphatic rings. The second-order valence-electron chi connectivity index (χ2n) is 4.38. The third-order valence-electron chi connectivity index (χ3n) is 2.76. The van der Waals surface area contributed by atoms with Crippen molar-refractivity contribution >= 4 is 17.7 Å². The number of imidazole rings is 1. The fourth-order valence-corrected chi connectivity index (χ4v) is 2.64. The molecule has 3 rings (SSSR count). The highest BCUT2D eigenvalue weighted by atomic mass is 32.2. The fourth-order valence-electron chi connectivity index (χ4n) is 1.78. The molecule has 0 spiro atoms. The number of aromatic nitrogens is 5. The molecule has 2 aromatic heterocycles. The molecular formula is C14H14N6S. The Morgan fingerprint density at radius 1 is 1.19 bits per heavy atom. The summed E-state index contributed by atoms with van der Waals surface area (Å²) >= 11 is 1.51. The molecule has 0 radical (unpaired) electrons. The predicted molar refractivity (Wildman–Crippen MR) is 81.8 cm³/mol. The molecule has 0 unspecified atom stereocenters. The van der Waals surface area contributed by atoms with Gasteiger partial charge in [-0.3, -0.25) is 4.57 Å². The monoisotopic (exact) mass is 298 g/mol. The lowest BCUT2D eigenvalue weighted by Crippen LogP contribution is -2.06. The molecule has 6 nitrogen and oxygen atoms in total. The van der Waals surface area contributed by atoms with Crippen molar-refractivity contribution in [3.05, 3.63) is 48.5 Å². The van der Waals surface area contributed by atoms with E-state index < -0.39 is 0 Å². The van der Waals surface area contributed by atoms with Crippen molar-refractivity contribution in [2.24, 2.45) is 0 Å². The van der Waals surface area contributed by atoms with E-state index in [4.69, 9.17) is 0 Å². The molecule has 0 atom stereocenters. The average molecular weight is 298 g/mol. The fraction of sp³-hybridized carbons (Fsp3) is 0.143. The predicted octanol–water partition coefficient (Wildman–Crippen LogP) is 2.56. The molecule has 1 N–H and O–H groups in total. The molecular weight excluding hydrogens is 284 g/mol. The third-order valence-corrected chi connectivity index (χ3v) is 3.62. The zero-order chi connectivity index (χ0) is 14.7. The van der Waals surface area contributed by atoms with E-state index in [0.717, 1.165) is 4.90 Å². The Kier molecular flexibility index (Phi) is 3.83. The quantitative estimate of drug-likeness (QED) is 0.798. The van der Waals surface area contributed by atoms with Gasteiger partial charge in [0.1, 0.15) is 6.33 Å². The second kappa shape index (κ2) is 5.92. The first kappa shape index (κ1) is 13.6. The van der Waals surface area contributed by atoms with Gasteiger partial charge in [-0.1, -0.05) is 17.7 Å². The van der Waals surface area contributed by atoms with E-state index in [1.807, 2.05) is 12.1 Å². The van der Waals surface area contributed by atoms with Crippen LogP contribution in [0.3, 0.4) is 0 Å². The summed E-state index contributed by atoms with van der Waals surface area (Å²) < 4.78 is 1.75. The number of anilines is 1. The molecule has 0 fully saturated rings. The maximum absolute atomic E-state index is 4.47. The van der Waals surface area contributed by atoms with Crippen LogP contribution in [-0.2, 0) is 0 Å². The van der Waals surface area contributed by atoms with Gasteiger partial charge in [0.2, 0.25) is 11.9 Å². The van der Waals surface area contributed by atoms with Crippen LogP contribution >= 0.6 is 11.8 Å². The standard InChI is InChI=1S/C14H14N6S/c1-10-4-3-5-11(8-10)21-14-18-12(15-2)17-13(19-14)20-7-6-16-9-20/h3-9H,1-2H3,(H,15,17,18,19). The summed E-state index contributed by atoms with van der Waals surface area (Å²) in [5, 5.41) is 3.60. The van der Waals surface area contributed by atoms with Gasteiger partial charge in [0.05, 0.1) is 0 Å². The Bertz CT molecular complexity index is 741. The van der Waals surface area contributed by atoms with Crippen molar-refractivity contribution < 1.29 is 0 Å². The van der Waals surface area contributed by atoms with E-state index >= 15 is 0 Å². The normalized spacial score (nSPS) is 10.6. The summed E-state index contributed by atoms with van der Waals surface area (Å²) in [4.78, 5) is 18.3. The van der Waals surface area contributed by atoms with Crippen LogP contribution in [-0.4, -0.2) is 31.6 Å². The summed E-state index contributed by atoms with van der Waals surface area (Å²) in [7, 11) is 1.79. The van der Waals surface area contributed by atoms with E-state index in [2.05, 4.69) is 44.3 Å². The first-order chi connectivity index (χ1) is 10.2. The average Bonchev–Trinajstić information content (AvgIpc) is 3.01. The summed E-state index contributed by atoms with van der Waals surface area (Å²) in [6.07, 6.45) is 5.15. The number of aryl methyl sites for hydroxylation is 1.